The van der Waals surface area contributed by atoms with Crippen molar-refractivity contribution in [1.29, 1.82) is 0 Å². The molecule has 0 unspecified atom stereocenters. The van der Waals surface area contributed by atoms with Gasteiger partial charge in [-0.3, -0.25) is 4.99 Å². The van der Waals surface area contributed by atoms with Crippen LogP contribution in [0.5, 0.6) is 0 Å². The summed E-state index contributed by atoms with van der Waals surface area (Å²) in [6, 6.07) is 0. The maximum atomic E-state index is 5.35. The van der Waals surface area contributed by atoms with Gasteiger partial charge in [0, 0.05) is 33.4 Å². The molecule has 0 aromatic rings. The highest BCUT2D eigenvalue weighted by atomic mass is 16.5. The van der Waals surface area contributed by atoms with Crippen LogP contribution in [0.3, 0.4) is 0 Å². The number of guanidine groups is 1. The van der Waals surface area contributed by atoms with Crippen LogP contribution in [0.1, 0.15) is 13.3 Å². The lowest BCUT2D eigenvalue weighted by atomic mass is 10.4. The zero-order valence-corrected chi connectivity index (χ0v) is 11.0. The summed E-state index contributed by atoms with van der Waals surface area (Å²) in [4.78, 5) is 4.40. The summed E-state index contributed by atoms with van der Waals surface area (Å²) in [5, 5.41) is 6.30. The molecule has 0 amide bonds. The summed E-state index contributed by atoms with van der Waals surface area (Å²) in [6.07, 6.45) is 2.72. The van der Waals surface area contributed by atoms with Crippen LogP contribution in [-0.2, 0) is 9.47 Å². The molecule has 0 saturated heterocycles. The molecule has 5 heteroatoms. The second-order valence-electron chi connectivity index (χ2n) is 3.39. The summed E-state index contributed by atoms with van der Waals surface area (Å²) < 4.78 is 10.2. The number of aliphatic imine (C=N–C) groups is 1. The minimum atomic E-state index is 0.646. The van der Waals surface area contributed by atoms with Gasteiger partial charge in [0.1, 0.15) is 0 Å². The van der Waals surface area contributed by atoms with E-state index < -0.39 is 0 Å². The minimum absolute atomic E-state index is 0.646. The third-order valence-electron chi connectivity index (χ3n) is 1.91. The van der Waals surface area contributed by atoms with E-state index in [0.717, 1.165) is 32.0 Å². The quantitative estimate of drug-likeness (QED) is 0.258. The summed E-state index contributed by atoms with van der Waals surface area (Å²) in [5.74, 6) is 0.823. The molecule has 0 heterocycles. The highest BCUT2D eigenvalue weighted by Gasteiger charge is 1.94. The molecule has 0 radical (unpaired) electrons. The Morgan fingerprint density at radius 2 is 2.12 bits per heavy atom. The van der Waals surface area contributed by atoms with E-state index >= 15 is 0 Å². The van der Waals surface area contributed by atoms with E-state index in [4.69, 9.17) is 9.47 Å². The molecule has 0 atom stereocenters. The SMILES string of the molecule is C=CCNC(=NCCCOCCOC)NCC. The molecule has 0 aliphatic rings. The van der Waals surface area contributed by atoms with Gasteiger partial charge in [0.15, 0.2) is 5.96 Å². The van der Waals surface area contributed by atoms with Crippen LogP contribution >= 0.6 is 0 Å². The van der Waals surface area contributed by atoms with Gasteiger partial charge >= 0.3 is 0 Å². The van der Waals surface area contributed by atoms with Crippen molar-refractivity contribution in [1.82, 2.24) is 10.6 Å². The predicted molar refractivity (Wildman–Crippen MR) is 71.5 cm³/mol. The second kappa shape index (κ2) is 13.0. The zero-order chi connectivity index (χ0) is 12.8. The van der Waals surface area contributed by atoms with Gasteiger partial charge in [0.2, 0.25) is 0 Å². The second-order valence-corrected chi connectivity index (χ2v) is 3.39. The molecule has 5 nitrogen and oxygen atoms in total. The molecule has 0 aromatic carbocycles. The normalized spacial score (nSPS) is 11.3. The lowest BCUT2D eigenvalue weighted by molar-refractivity contribution is 0.0702. The van der Waals surface area contributed by atoms with E-state index in [0.29, 0.717) is 19.8 Å². The number of methoxy groups -OCH3 is 1. The highest BCUT2D eigenvalue weighted by Crippen LogP contribution is 1.85. The van der Waals surface area contributed by atoms with E-state index in [-0.39, 0.29) is 0 Å². The first kappa shape index (κ1) is 15.9. The van der Waals surface area contributed by atoms with Crippen molar-refractivity contribution in [3.8, 4) is 0 Å². The monoisotopic (exact) mass is 243 g/mol. The molecule has 100 valence electrons. The van der Waals surface area contributed by atoms with Crippen LogP contribution in [0.15, 0.2) is 17.6 Å². The van der Waals surface area contributed by atoms with E-state index in [1.165, 1.54) is 0 Å². The van der Waals surface area contributed by atoms with E-state index in [1.807, 2.05) is 6.92 Å². The Morgan fingerprint density at radius 1 is 1.29 bits per heavy atom. The lowest BCUT2D eigenvalue weighted by Gasteiger charge is -2.09. The first-order valence-electron chi connectivity index (χ1n) is 6.04. The molecule has 2 N–H and O–H groups in total. The average molecular weight is 243 g/mol. The van der Waals surface area contributed by atoms with Crippen LogP contribution in [0.4, 0.5) is 0 Å². The van der Waals surface area contributed by atoms with Crippen molar-refractivity contribution in [2.75, 3.05) is 46.6 Å². The van der Waals surface area contributed by atoms with Crippen LogP contribution in [0.2, 0.25) is 0 Å². The smallest absolute Gasteiger partial charge is 0.191 e. The van der Waals surface area contributed by atoms with Crippen molar-refractivity contribution < 1.29 is 9.47 Å². The van der Waals surface area contributed by atoms with E-state index in [1.54, 1.807) is 13.2 Å². The van der Waals surface area contributed by atoms with Gasteiger partial charge in [0.25, 0.3) is 0 Å². The molecule has 0 aromatic heterocycles. The first-order valence-corrected chi connectivity index (χ1v) is 6.04. The Morgan fingerprint density at radius 3 is 2.76 bits per heavy atom. The lowest BCUT2D eigenvalue weighted by Crippen LogP contribution is -2.37. The zero-order valence-electron chi connectivity index (χ0n) is 11.0. The summed E-state index contributed by atoms with van der Waals surface area (Å²) in [7, 11) is 1.67. The van der Waals surface area contributed by atoms with Gasteiger partial charge < -0.3 is 20.1 Å². The molecule has 0 fully saturated rings. The topological polar surface area (TPSA) is 54.9 Å². The average Bonchev–Trinajstić information content (AvgIpc) is 2.34. The van der Waals surface area contributed by atoms with Gasteiger partial charge in [-0.25, -0.2) is 0 Å². The van der Waals surface area contributed by atoms with Crippen LogP contribution in [-0.4, -0.2) is 52.5 Å². The predicted octanol–water partition coefficient (Wildman–Crippen LogP) is 0.781. The number of hydrogen-bond donors (Lipinski definition) is 2. The number of ether oxygens (including phenoxy) is 2. The van der Waals surface area contributed by atoms with Gasteiger partial charge in [-0.1, -0.05) is 6.08 Å². The Hall–Kier alpha value is -1.07. The van der Waals surface area contributed by atoms with Crippen molar-refractivity contribution in [2.45, 2.75) is 13.3 Å². The van der Waals surface area contributed by atoms with Crippen molar-refractivity contribution in [3.05, 3.63) is 12.7 Å². The standard InChI is InChI=1S/C12H25N3O2/c1-4-7-14-12(13-5-2)15-8-6-9-17-11-10-16-3/h4H,1,5-11H2,2-3H3,(H2,13,14,15). The molecule has 17 heavy (non-hydrogen) atoms. The van der Waals surface area contributed by atoms with Crippen LogP contribution < -0.4 is 10.6 Å². The number of hydrogen-bond acceptors (Lipinski definition) is 3. The Balaban J connectivity index is 3.57. The fraction of sp³-hybridized carbons (Fsp3) is 0.750. The van der Waals surface area contributed by atoms with Crippen LogP contribution in [0.25, 0.3) is 0 Å². The van der Waals surface area contributed by atoms with E-state index in [2.05, 4.69) is 22.2 Å². The number of rotatable bonds is 10. The fourth-order valence-electron chi connectivity index (χ4n) is 1.11. The van der Waals surface area contributed by atoms with E-state index in [9.17, 15) is 0 Å². The summed E-state index contributed by atoms with van der Waals surface area (Å²) in [6.45, 7) is 10.0. The molecule has 0 aliphatic carbocycles. The van der Waals surface area contributed by atoms with Crippen molar-refractivity contribution in [2.24, 2.45) is 4.99 Å². The molecule has 0 saturated carbocycles. The summed E-state index contributed by atoms with van der Waals surface area (Å²) in [5.41, 5.74) is 0. The van der Waals surface area contributed by atoms with Gasteiger partial charge in [-0.15, -0.1) is 6.58 Å². The summed E-state index contributed by atoms with van der Waals surface area (Å²) >= 11 is 0. The first-order chi connectivity index (χ1) is 8.35. The van der Waals surface area contributed by atoms with Gasteiger partial charge in [0.05, 0.1) is 13.2 Å². The number of nitrogens with one attached hydrogen (secondary N) is 2. The maximum Gasteiger partial charge on any atom is 0.191 e. The number of nitrogens with zero attached hydrogens (tertiary/aromatic N) is 1. The van der Waals surface area contributed by atoms with Crippen molar-refractivity contribution in [3.63, 3.8) is 0 Å². The minimum Gasteiger partial charge on any atom is -0.382 e. The Kier molecular flexibility index (Phi) is 12.2. The molecule has 0 rings (SSSR count). The van der Waals surface area contributed by atoms with Crippen molar-refractivity contribution >= 4 is 5.96 Å². The molecule has 0 aliphatic heterocycles. The third-order valence-corrected chi connectivity index (χ3v) is 1.91. The Labute approximate surface area is 104 Å². The third kappa shape index (κ3) is 11.2. The molecule has 0 bridgehead atoms. The fourth-order valence-corrected chi connectivity index (χ4v) is 1.11. The molecule has 0 spiro atoms. The van der Waals surface area contributed by atoms with Gasteiger partial charge in [-0.05, 0) is 13.3 Å². The molecular weight excluding hydrogens is 218 g/mol. The molecular formula is C12H25N3O2. The highest BCUT2D eigenvalue weighted by molar-refractivity contribution is 5.79. The largest absolute Gasteiger partial charge is 0.382 e. The maximum absolute atomic E-state index is 5.35. The Bertz CT molecular complexity index is 208. The van der Waals surface area contributed by atoms with Gasteiger partial charge in [-0.2, -0.15) is 0 Å². The van der Waals surface area contributed by atoms with Crippen LogP contribution in [0, 0.1) is 0 Å².